The van der Waals surface area contributed by atoms with E-state index in [-0.39, 0.29) is 19.4 Å². The number of carbonyl (C=O) groups is 2. The third-order valence-electron chi connectivity index (χ3n) is 6.67. The zero-order valence-electron chi connectivity index (χ0n) is 26.2. The normalized spacial score (nSPS) is 14.5. The Kier molecular flexibility index (Phi) is 27.6. The van der Waals surface area contributed by atoms with Crippen LogP contribution in [0.25, 0.3) is 0 Å². The number of hydrogen-bond donors (Lipinski definition) is 3. The summed E-state index contributed by atoms with van der Waals surface area (Å²) in [5, 5.41) is 18.1. The SMILES string of the molecule is CCCCC/C=C/CCCCCCCC(=O)OC[C@@H](COP(=O)(O)OC[C@H](O)CO)OC(=O)CCCCCCCCC. The first-order chi connectivity index (χ1) is 20.2. The van der Waals surface area contributed by atoms with E-state index in [1.54, 1.807) is 0 Å². The molecule has 248 valence electrons. The van der Waals surface area contributed by atoms with Crippen LogP contribution in [0.15, 0.2) is 12.2 Å². The molecular formula is C31H59O10P. The van der Waals surface area contributed by atoms with Crippen LogP contribution in [0, 0.1) is 0 Å². The van der Waals surface area contributed by atoms with Gasteiger partial charge in [0.25, 0.3) is 0 Å². The minimum absolute atomic E-state index is 0.183. The molecular weight excluding hydrogens is 563 g/mol. The van der Waals surface area contributed by atoms with Crippen LogP contribution in [0.1, 0.15) is 136 Å². The zero-order valence-corrected chi connectivity index (χ0v) is 27.1. The minimum Gasteiger partial charge on any atom is -0.462 e. The average molecular weight is 623 g/mol. The molecule has 0 amide bonds. The molecule has 1 unspecified atom stereocenters. The lowest BCUT2D eigenvalue weighted by molar-refractivity contribution is -0.161. The van der Waals surface area contributed by atoms with Gasteiger partial charge in [0, 0.05) is 12.8 Å². The fraction of sp³-hybridized carbons (Fsp3) is 0.871. The third kappa shape index (κ3) is 27.5. The van der Waals surface area contributed by atoms with Gasteiger partial charge >= 0.3 is 19.8 Å². The minimum atomic E-state index is -4.59. The van der Waals surface area contributed by atoms with Crippen molar-refractivity contribution >= 4 is 19.8 Å². The lowest BCUT2D eigenvalue weighted by atomic mass is 10.1. The van der Waals surface area contributed by atoms with Gasteiger partial charge in [-0.2, -0.15) is 0 Å². The first-order valence-electron chi connectivity index (χ1n) is 16.1. The summed E-state index contributed by atoms with van der Waals surface area (Å²) in [6.45, 7) is 2.25. The van der Waals surface area contributed by atoms with Crippen molar-refractivity contribution in [2.24, 2.45) is 0 Å². The van der Waals surface area contributed by atoms with Gasteiger partial charge in [-0.05, 0) is 38.5 Å². The van der Waals surface area contributed by atoms with E-state index < -0.39 is 51.8 Å². The molecule has 0 aromatic rings. The maximum absolute atomic E-state index is 12.4. The van der Waals surface area contributed by atoms with E-state index in [0.29, 0.717) is 12.8 Å². The Morgan fingerprint density at radius 1 is 0.690 bits per heavy atom. The molecule has 11 heteroatoms. The van der Waals surface area contributed by atoms with E-state index in [1.165, 1.54) is 38.5 Å². The van der Waals surface area contributed by atoms with E-state index in [9.17, 15) is 24.2 Å². The van der Waals surface area contributed by atoms with Gasteiger partial charge in [0.1, 0.15) is 12.7 Å². The number of aliphatic hydroxyl groups excluding tert-OH is 2. The summed E-state index contributed by atoms with van der Waals surface area (Å²) in [6, 6.07) is 0. The molecule has 0 saturated carbocycles. The number of unbranched alkanes of at least 4 members (excludes halogenated alkanes) is 14. The summed E-state index contributed by atoms with van der Waals surface area (Å²) in [7, 11) is -4.59. The highest BCUT2D eigenvalue weighted by Gasteiger charge is 2.27. The topological polar surface area (TPSA) is 149 Å². The van der Waals surface area contributed by atoms with Gasteiger partial charge in [0.2, 0.25) is 0 Å². The second-order valence-electron chi connectivity index (χ2n) is 10.8. The highest BCUT2D eigenvalue weighted by molar-refractivity contribution is 7.47. The number of aliphatic hydroxyl groups is 2. The number of rotatable bonds is 30. The lowest BCUT2D eigenvalue weighted by Gasteiger charge is -2.20. The second kappa shape index (κ2) is 28.5. The van der Waals surface area contributed by atoms with E-state index >= 15 is 0 Å². The Bertz CT molecular complexity index is 731. The van der Waals surface area contributed by atoms with Crippen molar-refractivity contribution < 1.29 is 47.8 Å². The van der Waals surface area contributed by atoms with Gasteiger partial charge in [-0.25, -0.2) is 4.57 Å². The quantitative estimate of drug-likeness (QED) is 0.0333. The van der Waals surface area contributed by atoms with Crippen LogP contribution in [0.4, 0.5) is 0 Å². The predicted molar refractivity (Wildman–Crippen MR) is 164 cm³/mol. The molecule has 42 heavy (non-hydrogen) atoms. The van der Waals surface area contributed by atoms with Crippen molar-refractivity contribution in [1.82, 2.24) is 0 Å². The smallest absolute Gasteiger partial charge is 0.462 e. The predicted octanol–water partition coefficient (Wildman–Crippen LogP) is 6.94. The number of allylic oxidation sites excluding steroid dienone is 2. The monoisotopic (exact) mass is 622 g/mol. The van der Waals surface area contributed by atoms with Crippen LogP contribution in [0.2, 0.25) is 0 Å². The number of carbonyl (C=O) groups excluding carboxylic acids is 2. The van der Waals surface area contributed by atoms with Crippen LogP contribution < -0.4 is 0 Å². The van der Waals surface area contributed by atoms with Crippen molar-refractivity contribution in [2.75, 3.05) is 26.4 Å². The Hall–Kier alpha value is -1.29. The molecule has 0 saturated heterocycles. The van der Waals surface area contributed by atoms with E-state index in [0.717, 1.165) is 57.8 Å². The number of phosphoric acid groups is 1. The highest BCUT2D eigenvalue weighted by atomic mass is 31.2. The standard InChI is InChI=1S/C31H59O10P/c1-3-5-7-9-11-12-13-14-15-17-18-20-22-30(34)38-26-29(27-40-42(36,37)39-25-28(33)24-32)41-31(35)23-21-19-16-10-8-6-4-2/h11-12,28-29,32-33H,3-10,13-27H2,1-2H3,(H,36,37)/b12-11+/t28-,29+/m1/s1. The Morgan fingerprint density at radius 3 is 1.76 bits per heavy atom. The van der Waals surface area contributed by atoms with Gasteiger partial charge in [-0.15, -0.1) is 0 Å². The molecule has 0 radical (unpaired) electrons. The van der Waals surface area contributed by atoms with Crippen molar-refractivity contribution in [3.63, 3.8) is 0 Å². The highest BCUT2D eigenvalue weighted by Crippen LogP contribution is 2.43. The molecule has 3 N–H and O–H groups in total. The molecule has 0 rings (SSSR count). The first kappa shape index (κ1) is 40.7. The fourth-order valence-electron chi connectivity index (χ4n) is 4.10. The molecule has 0 heterocycles. The molecule has 0 aliphatic carbocycles. The van der Waals surface area contributed by atoms with Crippen molar-refractivity contribution in [2.45, 2.75) is 148 Å². The van der Waals surface area contributed by atoms with Crippen LogP contribution in [-0.2, 0) is 32.7 Å². The van der Waals surface area contributed by atoms with Gasteiger partial charge in [0.15, 0.2) is 6.10 Å². The Morgan fingerprint density at radius 2 is 1.17 bits per heavy atom. The second-order valence-corrected chi connectivity index (χ2v) is 12.3. The van der Waals surface area contributed by atoms with Crippen LogP contribution >= 0.6 is 7.82 Å². The summed E-state index contributed by atoms with van der Waals surface area (Å²) in [5.41, 5.74) is 0. The van der Waals surface area contributed by atoms with Gasteiger partial charge in [0.05, 0.1) is 19.8 Å². The van der Waals surface area contributed by atoms with Crippen LogP contribution in [0.3, 0.4) is 0 Å². The van der Waals surface area contributed by atoms with Gasteiger partial charge in [-0.3, -0.25) is 18.6 Å². The lowest BCUT2D eigenvalue weighted by Crippen LogP contribution is -2.29. The molecule has 0 spiro atoms. The molecule has 0 fully saturated rings. The van der Waals surface area contributed by atoms with Crippen LogP contribution in [-0.4, -0.2) is 65.7 Å². The van der Waals surface area contributed by atoms with Gasteiger partial charge < -0.3 is 24.6 Å². The Labute approximate surface area is 254 Å². The maximum atomic E-state index is 12.4. The zero-order chi connectivity index (χ0) is 31.3. The van der Waals surface area contributed by atoms with E-state index in [2.05, 4.69) is 30.5 Å². The van der Waals surface area contributed by atoms with Gasteiger partial charge in [-0.1, -0.05) is 96.6 Å². The molecule has 0 aliphatic heterocycles. The van der Waals surface area contributed by atoms with E-state index in [4.69, 9.17) is 19.1 Å². The summed E-state index contributed by atoms with van der Waals surface area (Å²) in [5.74, 6) is -0.943. The van der Waals surface area contributed by atoms with E-state index in [1.807, 2.05) is 0 Å². The number of esters is 2. The summed E-state index contributed by atoms with van der Waals surface area (Å²) in [4.78, 5) is 34.4. The van der Waals surface area contributed by atoms with Crippen molar-refractivity contribution in [3.8, 4) is 0 Å². The third-order valence-corrected chi connectivity index (χ3v) is 7.62. The number of ether oxygens (including phenoxy) is 2. The first-order valence-corrected chi connectivity index (χ1v) is 17.6. The average Bonchev–Trinajstić information content (AvgIpc) is 2.97. The summed E-state index contributed by atoms with van der Waals surface area (Å²) in [6.07, 6.45) is 20.7. The summed E-state index contributed by atoms with van der Waals surface area (Å²) >= 11 is 0. The largest absolute Gasteiger partial charge is 0.472 e. The summed E-state index contributed by atoms with van der Waals surface area (Å²) < 4.78 is 32.3. The van der Waals surface area contributed by atoms with Crippen LogP contribution in [0.5, 0.6) is 0 Å². The molecule has 0 aromatic carbocycles. The molecule has 10 nitrogen and oxygen atoms in total. The maximum Gasteiger partial charge on any atom is 0.472 e. The Balaban J connectivity index is 4.42. The van der Waals surface area contributed by atoms with Crippen molar-refractivity contribution in [3.05, 3.63) is 12.2 Å². The van der Waals surface area contributed by atoms with Crippen molar-refractivity contribution in [1.29, 1.82) is 0 Å². The number of phosphoric ester groups is 1. The molecule has 0 bridgehead atoms. The molecule has 3 atom stereocenters. The number of hydrogen-bond acceptors (Lipinski definition) is 9. The molecule has 0 aromatic heterocycles. The fourth-order valence-corrected chi connectivity index (χ4v) is 4.89. The molecule has 0 aliphatic rings.